The highest BCUT2D eigenvalue weighted by Gasteiger charge is 2.38. The van der Waals surface area contributed by atoms with Gasteiger partial charge in [0.2, 0.25) is 0 Å². The summed E-state index contributed by atoms with van der Waals surface area (Å²) in [5, 5.41) is 0. The minimum atomic E-state index is -0.526. The average Bonchev–Trinajstić information content (AvgIpc) is 3.38. The van der Waals surface area contributed by atoms with E-state index in [1.807, 2.05) is 30.6 Å². The van der Waals surface area contributed by atoms with E-state index < -0.39 is 5.54 Å². The van der Waals surface area contributed by atoms with Crippen LogP contribution in [0.1, 0.15) is 28.8 Å². The zero-order valence-corrected chi connectivity index (χ0v) is 21.0. The van der Waals surface area contributed by atoms with Crippen LogP contribution in [0, 0.1) is 0 Å². The molecule has 0 atom stereocenters. The number of aryl methyl sites for hydroxylation is 1. The minimum Gasteiger partial charge on any atom is -0.494 e. The molecule has 0 amide bonds. The van der Waals surface area contributed by atoms with Gasteiger partial charge in [-0.2, -0.15) is 0 Å². The largest absolute Gasteiger partial charge is 0.494 e. The van der Waals surface area contributed by atoms with Crippen molar-refractivity contribution >= 4 is 15.9 Å². The third kappa shape index (κ3) is 4.94. The van der Waals surface area contributed by atoms with Gasteiger partial charge in [0, 0.05) is 10.7 Å². The first-order chi connectivity index (χ1) is 17.3. The number of nitrogens with zero attached hydrogens (tertiary/aromatic N) is 2. The molecule has 0 aliphatic rings. The number of aromatic nitrogens is 2. The average molecular weight is 523 g/mol. The maximum absolute atomic E-state index is 5.93. The predicted molar refractivity (Wildman–Crippen MR) is 145 cm³/mol. The Morgan fingerprint density at radius 2 is 1.29 bits per heavy atom. The quantitative estimate of drug-likeness (QED) is 0.148. The topological polar surface area (TPSA) is 27.1 Å². The second-order valence-corrected chi connectivity index (χ2v) is 9.41. The first-order valence-corrected chi connectivity index (χ1v) is 12.6. The highest BCUT2D eigenvalue weighted by Crippen LogP contribution is 2.40. The van der Waals surface area contributed by atoms with E-state index in [4.69, 9.17) is 9.72 Å². The molecular weight excluding hydrogens is 496 g/mol. The van der Waals surface area contributed by atoms with Crippen LogP contribution in [0.25, 0.3) is 0 Å². The molecule has 0 aliphatic heterocycles. The van der Waals surface area contributed by atoms with Crippen LogP contribution in [0.15, 0.2) is 132 Å². The van der Waals surface area contributed by atoms with Gasteiger partial charge in [0.05, 0.1) is 18.6 Å². The van der Waals surface area contributed by atoms with Crippen molar-refractivity contribution in [2.45, 2.75) is 18.4 Å². The molecule has 0 radical (unpaired) electrons. The SMILES string of the molecule is Brc1cccc(OCCCc2cn(C(c3ccccc3)(c3ccccc3)c3ccccc3)cn2)c1. The van der Waals surface area contributed by atoms with E-state index in [1.165, 1.54) is 16.7 Å². The molecule has 0 saturated carbocycles. The number of benzene rings is 4. The summed E-state index contributed by atoms with van der Waals surface area (Å²) in [6.07, 6.45) is 5.89. The number of ether oxygens (including phenoxy) is 1. The molecule has 35 heavy (non-hydrogen) atoms. The molecule has 0 N–H and O–H groups in total. The van der Waals surface area contributed by atoms with Crippen molar-refractivity contribution in [3.05, 3.63) is 155 Å². The van der Waals surface area contributed by atoms with E-state index >= 15 is 0 Å². The lowest BCUT2D eigenvalue weighted by atomic mass is 9.77. The third-order valence-electron chi connectivity index (χ3n) is 6.24. The smallest absolute Gasteiger partial charge is 0.121 e. The molecule has 5 rings (SSSR count). The summed E-state index contributed by atoms with van der Waals surface area (Å²) in [4.78, 5) is 4.82. The number of imidazole rings is 1. The molecule has 0 bridgehead atoms. The molecule has 1 heterocycles. The van der Waals surface area contributed by atoms with Crippen LogP contribution in [0.5, 0.6) is 5.75 Å². The molecule has 0 spiro atoms. The predicted octanol–water partition coefficient (Wildman–Crippen LogP) is 7.50. The summed E-state index contributed by atoms with van der Waals surface area (Å²) in [6, 6.07) is 40.0. The maximum Gasteiger partial charge on any atom is 0.121 e. The summed E-state index contributed by atoms with van der Waals surface area (Å²) in [5.41, 5.74) is 4.11. The lowest BCUT2D eigenvalue weighted by Gasteiger charge is -2.37. The highest BCUT2D eigenvalue weighted by molar-refractivity contribution is 9.10. The Bertz CT molecular complexity index is 1250. The van der Waals surface area contributed by atoms with Gasteiger partial charge in [-0.05, 0) is 47.7 Å². The first-order valence-electron chi connectivity index (χ1n) is 11.8. The number of rotatable bonds is 9. The second kappa shape index (κ2) is 10.7. The summed E-state index contributed by atoms with van der Waals surface area (Å²) in [5.74, 6) is 0.876. The van der Waals surface area contributed by atoms with Crippen molar-refractivity contribution < 1.29 is 4.74 Å². The summed E-state index contributed by atoms with van der Waals surface area (Å²) >= 11 is 3.49. The molecule has 4 aromatic carbocycles. The molecular formula is C31H27BrN2O. The Labute approximate surface area is 215 Å². The summed E-state index contributed by atoms with van der Waals surface area (Å²) in [7, 11) is 0. The molecule has 1 aromatic heterocycles. The number of halogens is 1. The van der Waals surface area contributed by atoms with Crippen molar-refractivity contribution in [3.63, 3.8) is 0 Å². The monoisotopic (exact) mass is 522 g/mol. The molecule has 5 aromatic rings. The number of hydrogen-bond donors (Lipinski definition) is 0. The van der Waals surface area contributed by atoms with Gasteiger partial charge < -0.3 is 9.30 Å². The fourth-order valence-corrected chi connectivity index (χ4v) is 5.04. The maximum atomic E-state index is 5.93. The molecule has 0 saturated heterocycles. The van der Waals surface area contributed by atoms with Gasteiger partial charge in [0.25, 0.3) is 0 Å². The van der Waals surface area contributed by atoms with E-state index in [0.29, 0.717) is 6.61 Å². The molecule has 0 aliphatic carbocycles. The van der Waals surface area contributed by atoms with E-state index in [9.17, 15) is 0 Å². The lowest BCUT2D eigenvalue weighted by Crippen LogP contribution is -2.36. The Kier molecular flexibility index (Phi) is 7.10. The van der Waals surface area contributed by atoms with E-state index in [-0.39, 0.29) is 0 Å². The van der Waals surface area contributed by atoms with Crippen LogP contribution in [0.2, 0.25) is 0 Å². The summed E-state index contributed by atoms with van der Waals surface area (Å²) < 4.78 is 9.21. The molecule has 0 fully saturated rings. The second-order valence-electron chi connectivity index (χ2n) is 8.49. The van der Waals surface area contributed by atoms with Crippen molar-refractivity contribution in [2.24, 2.45) is 0 Å². The van der Waals surface area contributed by atoms with Crippen molar-refractivity contribution in [3.8, 4) is 5.75 Å². The minimum absolute atomic E-state index is 0.526. The van der Waals surface area contributed by atoms with Gasteiger partial charge in [-0.25, -0.2) is 4.98 Å². The molecule has 0 unspecified atom stereocenters. The van der Waals surface area contributed by atoms with Crippen LogP contribution in [0.4, 0.5) is 0 Å². The summed E-state index contributed by atoms with van der Waals surface area (Å²) in [6.45, 7) is 0.643. The zero-order valence-electron chi connectivity index (χ0n) is 19.4. The Morgan fingerprint density at radius 1 is 0.714 bits per heavy atom. The van der Waals surface area contributed by atoms with Crippen LogP contribution >= 0.6 is 15.9 Å². The van der Waals surface area contributed by atoms with E-state index in [2.05, 4.69) is 118 Å². The van der Waals surface area contributed by atoms with Crippen molar-refractivity contribution in [2.75, 3.05) is 6.61 Å². The van der Waals surface area contributed by atoms with Gasteiger partial charge in [-0.3, -0.25) is 0 Å². The molecule has 174 valence electrons. The van der Waals surface area contributed by atoms with Gasteiger partial charge in [0.1, 0.15) is 11.3 Å². The van der Waals surface area contributed by atoms with Crippen molar-refractivity contribution in [1.82, 2.24) is 9.55 Å². The van der Waals surface area contributed by atoms with Gasteiger partial charge in [-0.15, -0.1) is 0 Å². The van der Waals surface area contributed by atoms with Crippen LogP contribution < -0.4 is 4.74 Å². The standard InChI is InChI=1S/C31H27BrN2O/c32-28-18-10-20-30(22-28)35-21-11-19-29-23-34(24-33-29)31(25-12-4-1-5-13-25,26-14-6-2-7-15-26)27-16-8-3-9-17-27/h1-10,12-18,20,22-24H,11,19,21H2. The van der Waals surface area contributed by atoms with Crippen molar-refractivity contribution in [1.29, 1.82) is 0 Å². The van der Waals surface area contributed by atoms with Crippen LogP contribution in [-0.4, -0.2) is 16.2 Å². The first kappa shape index (κ1) is 23.1. The normalized spacial score (nSPS) is 11.3. The van der Waals surface area contributed by atoms with Gasteiger partial charge in [-0.1, -0.05) is 113 Å². The Morgan fingerprint density at radius 3 is 1.83 bits per heavy atom. The molecule has 3 nitrogen and oxygen atoms in total. The third-order valence-corrected chi connectivity index (χ3v) is 6.73. The van der Waals surface area contributed by atoms with E-state index in [1.54, 1.807) is 0 Å². The number of hydrogen-bond acceptors (Lipinski definition) is 2. The lowest BCUT2D eigenvalue weighted by molar-refractivity contribution is 0.310. The van der Waals surface area contributed by atoms with Gasteiger partial charge >= 0.3 is 0 Å². The fraction of sp³-hybridized carbons (Fsp3) is 0.129. The fourth-order valence-electron chi connectivity index (χ4n) is 4.66. The Hall–Kier alpha value is -3.63. The Balaban J connectivity index is 1.47. The highest BCUT2D eigenvalue weighted by atomic mass is 79.9. The van der Waals surface area contributed by atoms with Gasteiger partial charge in [0.15, 0.2) is 0 Å². The van der Waals surface area contributed by atoms with Crippen LogP contribution in [-0.2, 0) is 12.0 Å². The zero-order chi connectivity index (χ0) is 23.9. The molecule has 4 heteroatoms. The van der Waals surface area contributed by atoms with E-state index in [0.717, 1.165) is 28.8 Å². The van der Waals surface area contributed by atoms with Crippen LogP contribution in [0.3, 0.4) is 0 Å².